The predicted octanol–water partition coefficient (Wildman–Crippen LogP) is 2.01. The van der Waals surface area contributed by atoms with Gasteiger partial charge >= 0.3 is 12.1 Å². The van der Waals surface area contributed by atoms with Crippen molar-refractivity contribution >= 4 is 12.1 Å². The number of benzene rings is 1. The maximum atomic E-state index is 12.5. The molecule has 1 aromatic carbocycles. The van der Waals surface area contributed by atoms with Gasteiger partial charge < -0.3 is 19.8 Å². The normalized spacial score (nSPS) is 29.9. The molecule has 0 saturated carbocycles. The SMILES string of the molecule is O=C(O)C1[C@H](O)CC[C@@H]2CC[C@H]1N2C(=O)OCc1ccccc1. The Balaban J connectivity index is 1.72. The number of ether oxygens (including phenoxy) is 1. The first-order valence-electron chi connectivity index (χ1n) is 7.98. The van der Waals surface area contributed by atoms with Crippen molar-refractivity contribution in [2.24, 2.45) is 5.92 Å². The molecule has 2 bridgehead atoms. The maximum Gasteiger partial charge on any atom is 0.410 e. The van der Waals surface area contributed by atoms with Crippen LogP contribution in [0.15, 0.2) is 30.3 Å². The average molecular weight is 319 g/mol. The Labute approximate surface area is 134 Å². The van der Waals surface area contributed by atoms with Crippen LogP contribution in [0.1, 0.15) is 31.2 Å². The highest BCUT2D eigenvalue weighted by molar-refractivity contribution is 5.75. The van der Waals surface area contributed by atoms with Crippen LogP contribution in [-0.4, -0.2) is 45.4 Å². The molecule has 2 heterocycles. The summed E-state index contributed by atoms with van der Waals surface area (Å²) in [6.07, 6.45) is 0.984. The molecule has 4 atom stereocenters. The number of nitrogens with zero attached hydrogens (tertiary/aromatic N) is 1. The number of carboxylic acid groups (broad SMARTS) is 1. The van der Waals surface area contributed by atoms with E-state index < -0.39 is 30.1 Å². The number of aliphatic hydroxyl groups excluding tert-OH is 1. The molecule has 3 rings (SSSR count). The molecule has 0 aromatic heterocycles. The standard InChI is InChI=1S/C17H21NO5/c19-14-9-7-12-6-8-13(15(14)16(20)21)18(12)17(22)23-10-11-4-2-1-3-5-11/h1-5,12-15,19H,6-10H2,(H,20,21)/t12-,13+,14+,15?/m0/s1. The molecule has 1 aromatic rings. The Morgan fingerprint density at radius 3 is 2.52 bits per heavy atom. The molecule has 2 saturated heterocycles. The quantitative estimate of drug-likeness (QED) is 0.890. The molecule has 0 radical (unpaired) electrons. The smallest absolute Gasteiger partial charge is 0.410 e. The van der Waals surface area contributed by atoms with Crippen molar-refractivity contribution in [3.8, 4) is 0 Å². The molecule has 6 nitrogen and oxygen atoms in total. The van der Waals surface area contributed by atoms with Crippen LogP contribution >= 0.6 is 0 Å². The monoisotopic (exact) mass is 319 g/mol. The number of carbonyl (C=O) groups excluding carboxylic acids is 1. The molecule has 124 valence electrons. The number of hydrogen-bond acceptors (Lipinski definition) is 4. The molecular weight excluding hydrogens is 298 g/mol. The van der Waals surface area contributed by atoms with E-state index in [2.05, 4.69) is 0 Å². The Hall–Kier alpha value is -2.08. The summed E-state index contributed by atoms with van der Waals surface area (Å²) in [5.74, 6) is -1.99. The van der Waals surface area contributed by atoms with Crippen molar-refractivity contribution in [1.82, 2.24) is 4.90 Å². The lowest BCUT2D eigenvalue weighted by Gasteiger charge is -2.30. The van der Waals surface area contributed by atoms with Crippen molar-refractivity contribution in [3.63, 3.8) is 0 Å². The summed E-state index contributed by atoms with van der Waals surface area (Å²) in [6, 6.07) is 8.84. The molecule has 2 N–H and O–H groups in total. The van der Waals surface area contributed by atoms with Crippen molar-refractivity contribution < 1.29 is 24.5 Å². The number of amides is 1. The Morgan fingerprint density at radius 1 is 1.13 bits per heavy atom. The molecule has 0 spiro atoms. The van der Waals surface area contributed by atoms with Gasteiger partial charge in [-0.2, -0.15) is 0 Å². The minimum absolute atomic E-state index is 0.0396. The van der Waals surface area contributed by atoms with Crippen molar-refractivity contribution in [1.29, 1.82) is 0 Å². The summed E-state index contributed by atoms with van der Waals surface area (Å²) >= 11 is 0. The number of carbonyl (C=O) groups is 2. The van der Waals surface area contributed by atoms with Crippen molar-refractivity contribution in [2.45, 2.75) is 50.5 Å². The van der Waals surface area contributed by atoms with Crippen molar-refractivity contribution in [3.05, 3.63) is 35.9 Å². The molecule has 2 fully saturated rings. The lowest BCUT2D eigenvalue weighted by Crippen LogP contribution is -2.47. The van der Waals surface area contributed by atoms with Crippen LogP contribution in [0.25, 0.3) is 0 Å². The fraction of sp³-hybridized carbons (Fsp3) is 0.529. The van der Waals surface area contributed by atoms with Crippen LogP contribution in [0.4, 0.5) is 4.79 Å². The van der Waals surface area contributed by atoms with Gasteiger partial charge in [-0.25, -0.2) is 4.79 Å². The second kappa shape index (κ2) is 6.58. The second-order valence-electron chi connectivity index (χ2n) is 6.25. The van der Waals surface area contributed by atoms with Crippen LogP contribution in [0.3, 0.4) is 0 Å². The van der Waals surface area contributed by atoms with Gasteiger partial charge in [0.15, 0.2) is 0 Å². The second-order valence-corrected chi connectivity index (χ2v) is 6.25. The van der Waals surface area contributed by atoms with E-state index in [4.69, 9.17) is 4.74 Å². The zero-order valence-corrected chi connectivity index (χ0v) is 12.8. The van der Waals surface area contributed by atoms with Gasteiger partial charge in [-0.05, 0) is 31.2 Å². The number of hydrogen-bond donors (Lipinski definition) is 2. The summed E-state index contributed by atoms with van der Waals surface area (Å²) in [6.45, 7) is 0.163. The minimum Gasteiger partial charge on any atom is -0.481 e. The topological polar surface area (TPSA) is 87.1 Å². The highest BCUT2D eigenvalue weighted by atomic mass is 16.6. The largest absolute Gasteiger partial charge is 0.481 e. The van der Waals surface area contributed by atoms with E-state index >= 15 is 0 Å². The molecule has 23 heavy (non-hydrogen) atoms. The van der Waals surface area contributed by atoms with Gasteiger partial charge in [0.05, 0.1) is 12.1 Å². The molecule has 0 aliphatic carbocycles. The van der Waals surface area contributed by atoms with E-state index in [-0.39, 0.29) is 12.6 Å². The predicted molar refractivity (Wildman–Crippen MR) is 81.6 cm³/mol. The molecule has 2 aliphatic heterocycles. The lowest BCUT2D eigenvalue weighted by atomic mass is 9.88. The van der Waals surface area contributed by atoms with Crippen molar-refractivity contribution in [2.75, 3.05) is 0 Å². The third-order valence-electron chi connectivity index (χ3n) is 4.87. The third-order valence-corrected chi connectivity index (χ3v) is 4.87. The molecule has 1 unspecified atom stereocenters. The number of carboxylic acids is 1. The van der Waals surface area contributed by atoms with Gasteiger partial charge in [0, 0.05) is 6.04 Å². The van der Waals surface area contributed by atoms with E-state index in [1.807, 2.05) is 30.3 Å². The van der Waals surface area contributed by atoms with Gasteiger partial charge in [-0.1, -0.05) is 30.3 Å². The van der Waals surface area contributed by atoms with Gasteiger partial charge in [0.1, 0.15) is 12.5 Å². The van der Waals surface area contributed by atoms with E-state index in [1.165, 1.54) is 0 Å². The van der Waals surface area contributed by atoms with Gasteiger partial charge in [-0.3, -0.25) is 4.79 Å². The number of aliphatic hydroxyl groups is 1. The number of fused-ring (bicyclic) bond motifs is 2. The average Bonchev–Trinajstić information content (AvgIpc) is 2.87. The highest BCUT2D eigenvalue weighted by Gasteiger charge is 2.49. The Kier molecular flexibility index (Phi) is 4.52. The maximum absolute atomic E-state index is 12.5. The summed E-state index contributed by atoms with van der Waals surface area (Å²) < 4.78 is 5.38. The van der Waals surface area contributed by atoms with E-state index in [1.54, 1.807) is 4.90 Å². The van der Waals surface area contributed by atoms with Crippen LogP contribution in [0, 0.1) is 5.92 Å². The first kappa shape index (κ1) is 15.8. The summed E-state index contributed by atoms with van der Waals surface area (Å²) in [4.78, 5) is 25.6. The van der Waals surface area contributed by atoms with Gasteiger partial charge in [0.25, 0.3) is 0 Å². The third kappa shape index (κ3) is 3.17. The van der Waals surface area contributed by atoms with Gasteiger partial charge in [0.2, 0.25) is 0 Å². The summed E-state index contributed by atoms with van der Waals surface area (Å²) in [5, 5.41) is 19.5. The molecule has 1 amide bonds. The summed E-state index contributed by atoms with van der Waals surface area (Å²) in [7, 11) is 0. The first-order chi connectivity index (χ1) is 11.1. The molecule has 2 aliphatic rings. The first-order valence-corrected chi connectivity index (χ1v) is 7.98. The summed E-state index contributed by atoms with van der Waals surface area (Å²) in [5.41, 5.74) is 0.887. The van der Waals surface area contributed by atoms with Crippen LogP contribution in [-0.2, 0) is 16.1 Å². The van der Waals surface area contributed by atoms with Gasteiger partial charge in [-0.15, -0.1) is 0 Å². The zero-order valence-electron chi connectivity index (χ0n) is 12.8. The fourth-order valence-corrected chi connectivity index (χ4v) is 3.75. The number of aliphatic carboxylic acids is 1. The fourth-order valence-electron chi connectivity index (χ4n) is 3.75. The van der Waals surface area contributed by atoms with E-state index in [0.717, 1.165) is 12.0 Å². The molecular formula is C17H21NO5. The lowest BCUT2D eigenvalue weighted by molar-refractivity contribution is -0.148. The highest BCUT2D eigenvalue weighted by Crippen LogP contribution is 2.38. The van der Waals surface area contributed by atoms with E-state index in [0.29, 0.717) is 19.3 Å². The van der Waals surface area contributed by atoms with E-state index in [9.17, 15) is 19.8 Å². The van der Waals surface area contributed by atoms with Crippen LogP contribution in [0.2, 0.25) is 0 Å². The Morgan fingerprint density at radius 2 is 1.83 bits per heavy atom. The zero-order chi connectivity index (χ0) is 16.4. The minimum atomic E-state index is -1.05. The van der Waals surface area contributed by atoms with Crippen LogP contribution < -0.4 is 0 Å². The molecule has 6 heteroatoms. The number of rotatable bonds is 3. The van der Waals surface area contributed by atoms with Crippen LogP contribution in [0.5, 0.6) is 0 Å². The Bertz CT molecular complexity index is 576.